The fourth-order valence-electron chi connectivity index (χ4n) is 2.77. The normalized spacial score (nSPS) is 11.4. The van der Waals surface area contributed by atoms with Crippen LogP contribution in [-0.2, 0) is 0 Å². The van der Waals surface area contributed by atoms with Crippen molar-refractivity contribution >= 4 is 61.8 Å². The molecule has 0 unspecified atom stereocenters. The Bertz CT molecular complexity index is 881. The highest BCUT2D eigenvalue weighted by molar-refractivity contribution is 9.10. The maximum absolute atomic E-state index is 4.55. The van der Waals surface area contributed by atoms with E-state index in [1.807, 2.05) is 0 Å². The largest absolute Gasteiger partial charge is 0.252 e. The zero-order valence-electron chi connectivity index (χ0n) is 10.9. The molecule has 0 saturated carbocycles. The summed E-state index contributed by atoms with van der Waals surface area (Å²) in [6.07, 6.45) is 3.51. The average molecular weight is 321 g/mol. The minimum Gasteiger partial charge on any atom is -0.252 e. The predicted molar refractivity (Wildman–Crippen MR) is 90.4 cm³/mol. The summed E-state index contributed by atoms with van der Waals surface area (Å²) in [5, 5.41) is 4.75. The molecule has 0 aliphatic heterocycles. The van der Waals surface area contributed by atoms with Gasteiger partial charge in [-0.25, -0.2) is 0 Å². The van der Waals surface area contributed by atoms with Crippen LogP contribution in [-0.4, -0.2) is 17.8 Å². The molecule has 0 aliphatic rings. The van der Waals surface area contributed by atoms with Gasteiger partial charge in [-0.05, 0) is 22.9 Å². The average Bonchev–Trinajstić information content (AvgIpc) is 2.47. The van der Waals surface area contributed by atoms with E-state index in [0.29, 0.717) is 0 Å². The highest BCUT2D eigenvalue weighted by Crippen LogP contribution is 2.33. The van der Waals surface area contributed by atoms with Crippen LogP contribution < -0.4 is 5.46 Å². The van der Waals surface area contributed by atoms with Gasteiger partial charge in [-0.1, -0.05) is 45.7 Å². The maximum Gasteiger partial charge on any atom is 0.139 e. The molecular weight excluding hydrogens is 311 g/mol. The van der Waals surface area contributed by atoms with Gasteiger partial charge in [0.25, 0.3) is 0 Å². The summed E-state index contributed by atoms with van der Waals surface area (Å²) in [6, 6.07) is 12.8. The number of nitrogens with zero attached hydrogens (tertiary/aromatic N) is 2. The summed E-state index contributed by atoms with van der Waals surface area (Å²) in [7, 11) is 2.10. The lowest BCUT2D eigenvalue weighted by Crippen LogP contribution is -2.01. The molecule has 1 aromatic heterocycles. The van der Waals surface area contributed by atoms with E-state index in [1.54, 1.807) is 12.4 Å². The third-order valence-electron chi connectivity index (χ3n) is 3.66. The van der Waals surface area contributed by atoms with Crippen molar-refractivity contribution in [2.45, 2.75) is 0 Å². The summed E-state index contributed by atoms with van der Waals surface area (Å²) >= 11 is 3.55. The van der Waals surface area contributed by atoms with Crippen LogP contribution in [0.5, 0.6) is 0 Å². The summed E-state index contributed by atoms with van der Waals surface area (Å²) < 4.78 is 1.06. The van der Waals surface area contributed by atoms with E-state index in [2.05, 4.69) is 70.1 Å². The fourth-order valence-corrected chi connectivity index (χ4v) is 3.13. The lowest BCUT2D eigenvalue weighted by molar-refractivity contribution is 1.31. The molecule has 20 heavy (non-hydrogen) atoms. The van der Waals surface area contributed by atoms with Crippen LogP contribution >= 0.6 is 15.9 Å². The van der Waals surface area contributed by atoms with Crippen molar-refractivity contribution in [2.75, 3.05) is 0 Å². The number of hydrogen-bond acceptors (Lipinski definition) is 2. The highest BCUT2D eigenvalue weighted by atomic mass is 79.9. The van der Waals surface area contributed by atoms with Gasteiger partial charge in [0, 0.05) is 27.6 Å². The zero-order chi connectivity index (χ0) is 13.7. The van der Waals surface area contributed by atoms with E-state index >= 15 is 0 Å². The Morgan fingerprint density at radius 2 is 1.35 bits per heavy atom. The first-order valence-corrected chi connectivity index (χ1v) is 7.25. The summed E-state index contributed by atoms with van der Waals surface area (Å²) in [5.74, 6) is 0. The molecule has 2 nitrogen and oxygen atoms in total. The molecule has 4 rings (SSSR count). The molecule has 4 aromatic rings. The first kappa shape index (κ1) is 11.9. The molecular formula is C16H10BBrN2. The highest BCUT2D eigenvalue weighted by Gasteiger charge is 2.10. The van der Waals surface area contributed by atoms with Crippen LogP contribution in [0.2, 0.25) is 0 Å². The van der Waals surface area contributed by atoms with Crippen LogP contribution in [0.3, 0.4) is 0 Å². The van der Waals surface area contributed by atoms with Gasteiger partial charge in [0.1, 0.15) is 7.85 Å². The molecule has 1 heterocycles. The van der Waals surface area contributed by atoms with Gasteiger partial charge in [0.15, 0.2) is 0 Å². The maximum atomic E-state index is 4.55. The molecule has 0 saturated heterocycles. The SMILES string of the molecule is Bc1ccc2c3ccc(Br)cc3c3nccnc3c2c1. The third-order valence-corrected chi connectivity index (χ3v) is 4.15. The van der Waals surface area contributed by atoms with Gasteiger partial charge in [0.2, 0.25) is 0 Å². The van der Waals surface area contributed by atoms with Crippen molar-refractivity contribution in [3.63, 3.8) is 0 Å². The second kappa shape index (κ2) is 4.28. The Kier molecular flexibility index (Phi) is 2.54. The number of rotatable bonds is 0. The molecule has 94 valence electrons. The van der Waals surface area contributed by atoms with E-state index in [4.69, 9.17) is 0 Å². The van der Waals surface area contributed by atoms with E-state index in [0.717, 1.165) is 20.9 Å². The van der Waals surface area contributed by atoms with Crippen molar-refractivity contribution in [1.82, 2.24) is 9.97 Å². The minimum atomic E-state index is 0.960. The molecule has 0 radical (unpaired) electrons. The quantitative estimate of drug-likeness (QED) is 0.368. The molecule has 0 atom stereocenters. The molecule has 4 heteroatoms. The van der Waals surface area contributed by atoms with Crippen molar-refractivity contribution in [1.29, 1.82) is 0 Å². The van der Waals surface area contributed by atoms with E-state index in [-0.39, 0.29) is 0 Å². The second-order valence-corrected chi connectivity index (χ2v) is 5.91. The lowest BCUT2D eigenvalue weighted by Gasteiger charge is -2.09. The van der Waals surface area contributed by atoms with E-state index < -0.39 is 0 Å². The van der Waals surface area contributed by atoms with Gasteiger partial charge in [-0.15, -0.1) is 0 Å². The first-order chi connectivity index (χ1) is 9.74. The Hall–Kier alpha value is -1.94. The van der Waals surface area contributed by atoms with Crippen LogP contribution in [0, 0.1) is 0 Å². The molecule has 0 amide bonds. The first-order valence-electron chi connectivity index (χ1n) is 6.46. The third kappa shape index (κ3) is 1.65. The zero-order valence-corrected chi connectivity index (χ0v) is 12.5. The molecule has 0 aliphatic carbocycles. The standard InChI is InChI=1S/C16H10BBrN2/c17-9-1-3-11-12-4-2-10(18)8-14(12)16-15(13(11)7-9)19-5-6-20-16/h1-8H,17H2. The number of aromatic nitrogens is 2. The van der Waals surface area contributed by atoms with Crippen molar-refractivity contribution in [3.8, 4) is 0 Å². The van der Waals surface area contributed by atoms with Gasteiger partial charge in [-0.2, -0.15) is 0 Å². The van der Waals surface area contributed by atoms with Crippen LogP contribution in [0.4, 0.5) is 0 Å². The summed E-state index contributed by atoms with van der Waals surface area (Å²) in [6.45, 7) is 0. The summed E-state index contributed by atoms with van der Waals surface area (Å²) in [5.41, 5.74) is 3.17. The fraction of sp³-hybridized carbons (Fsp3) is 0. The molecule has 0 bridgehead atoms. The number of benzene rings is 3. The van der Waals surface area contributed by atoms with Crippen LogP contribution in [0.1, 0.15) is 0 Å². The van der Waals surface area contributed by atoms with Gasteiger partial charge >= 0.3 is 0 Å². The second-order valence-electron chi connectivity index (χ2n) is 4.99. The van der Waals surface area contributed by atoms with Crippen LogP contribution in [0.15, 0.2) is 53.3 Å². The van der Waals surface area contributed by atoms with E-state index in [9.17, 15) is 0 Å². The number of halogens is 1. The Balaban J connectivity index is 2.40. The van der Waals surface area contributed by atoms with Crippen molar-refractivity contribution in [2.24, 2.45) is 0 Å². The Labute approximate surface area is 125 Å². The van der Waals surface area contributed by atoms with Gasteiger partial charge in [-0.3, -0.25) is 9.97 Å². The number of hydrogen-bond donors (Lipinski definition) is 0. The van der Waals surface area contributed by atoms with Gasteiger partial charge < -0.3 is 0 Å². The molecule has 0 fully saturated rings. The molecule has 3 aromatic carbocycles. The Morgan fingerprint density at radius 1 is 0.750 bits per heavy atom. The van der Waals surface area contributed by atoms with E-state index in [1.165, 1.54) is 21.6 Å². The lowest BCUT2D eigenvalue weighted by atomic mass is 9.91. The smallest absolute Gasteiger partial charge is 0.139 e. The van der Waals surface area contributed by atoms with Crippen molar-refractivity contribution < 1.29 is 0 Å². The number of fused-ring (bicyclic) bond motifs is 6. The van der Waals surface area contributed by atoms with Crippen LogP contribution in [0.25, 0.3) is 32.6 Å². The van der Waals surface area contributed by atoms with Crippen molar-refractivity contribution in [3.05, 3.63) is 53.3 Å². The monoisotopic (exact) mass is 320 g/mol. The topological polar surface area (TPSA) is 25.8 Å². The van der Waals surface area contributed by atoms with Gasteiger partial charge in [0.05, 0.1) is 11.0 Å². The minimum absolute atomic E-state index is 0.960. The molecule has 0 spiro atoms. The predicted octanol–water partition coefficient (Wildman–Crippen LogP) is 2.96. The summed E-state index contributed by atoms with van der Waals surface area (Å²) in [4.78, 5) is 9.10. The molecule has 0 N–H and O–H groups in total. The Morgan fingerprint density at radius 3 is 2.05 bits per heavy atom.